The smallest absolute Gasteiger partial charge is 0.343 e. The monoisotopic (exact) mass is 208 g/mol. The quantitative estimate of drug-likeness (QED) is 0.421. The van der Waals surface area contributed by atoms with E-state index in [1.807, 2.05) is 0 Å². The molecular formula is C8H4N2O3S. The molecule has 0 atom stereocenters. The number of aliphatic hydroxyl groups is 1. The van der Waals surface area contributed by atoms with Gasteiger partial charge in [0.25, 0.3) is 0 Å². The first-order chi connectivity index (χ1) is 6.69. The Morgan fingerprint density at radius 3 is 2.86 bits per heavy atom. The Labute approximate surface area is 83.4 Å². The van der Waals surface area contributed by atoms with Crippen molar-refractivity contribution in [2.24, 2.45) is 0 Å². The molecule has 0 aliphatic rings. The molecular weight excluding hydrogens is 204 g/mol. The number of aliphatic hydroxyl groups excluding tert-OH is 1. The van der Waals surface area contributed by atoms with Gasteiger partial charge in [-0.1, -0.05) is 23.2 Å². The summed E-state index contributed by atoms with van der Waals surface area (Å²) in [6.07, 6.45) is 0. The number of nitro groups is 1. The Morgan fingerprint density at radius 2 is 2.43 bits per heavy atom. The molecule has 0 unspecified atom stereocenters. The molecule has 0 radical (unpaired) electrons. The first-order valence-corrected chi connectivity index (χ1v) is 4.28. The van der Waals surface area contributed by atoms with Gasteiger partial charge in [0, 0.05) is 0 Å². The summed E-state index contributed by atoms with van der Waals surface area (Å²) < 4.78 is 0. The Bertz CT molecular complexity index is 461. The number of nitriles is 1. The van der Waals surface area contributed by atoms with Crippen LogP contribution in [0.3, 0.4) is 0 Å². The van der Waals surface area contributed by atoms with E-state index in [2.05, 4.69) is 11.8 Å². The van der Waals surface area contributed by atoms with Gasteiger partial charge in [-0.2, -0.15) is 5.26 Å². The first kappa shape index (κ1) is 10.2. The highest BCUT2D eigenvalue weighted by molar-refractivity contribution is 7.16. The molecule has 0 saturated carbocycles. The summed E-state index contributed by atoms with van der Waals surface area (Å²) in [6.45, 7) is -0.312. The molecule has 0 fully saturated rings. The topological polar surface area (TPSA) is 87.2 Å². The van der Waals surface area contributed by atoms with Crippen LogP contribution in [0.2, 0.25) is 0 Å². The maximum Gasteiger partial charge on any atom is 0.343 e. The number of thiophene rings is 1. The summed E-state index contributed by atoms with van der Waals surface area (Å²) in [4.78, 5) is 10.2. The summed E-state index contributed by atoms with van der Waals surface area (Å²) in [7, 11) is 0. The van der Waals surface area contributed by atoms with Gasteiger partial charge in [-0.3, -0.25) is 10.1 Å². The van der Waals surface area contributed by atoms with Crippen LogP contribution < -0.4 is 0 Å². The highest BCUT2D eigenvalue weighted by atomic mass is 32.1. The normalized spacial score (nSPS) is 8.57. The van der Waals surface area contributed by atoms with E-state index in [1.165, 1.54) is 6.07 Å². The summed E-state index contributed by atoms with van der Waals surface area (Å²) in [5.74, 6) is 4.86. The lowest BCUT2D eigenvalue weighted by Crippen LogP contribution is -1.85. The van der Waals surface area contributed by atoms with E-state index in [0.717, 1.165) is 11.3 Å². The molecule has 5 nitrogen and oxygen atoms in total. The number of nitrogens with zero attached hydrogens (tertiary/aromatic N) is 2. The largest absolute Gasteiger partial charge is 0.384 e. The standard InChI is InChI=1S/C8H4N2O3S/c9-5-6-4-7(2-1-3-11)14-8(6)10(12)13/h4,11H,3H2. The van der Waals surface area contributed by atoms with Gasteiger partial charge in [-0.05, 0) is 6.07 Å². The van der Waals surface area contributed by atoms with E-state index in [9.17, 15) is 10.1 Å². The third-order valence-electron chi connectivity index (χ3n) is 1.29. The molecule has 70 valence electrons. The van der Waals surface area contributed by atoms with Crippen molar-refractivity contribution in [3.05, 3.63) is 26.6 Å². The molecule has 0 aliphatic heterocycles. The Balaban J connectivity index is 3.15. The minimum absolute atomic E-state index is 0.00207. The molecule has 1 aromatic rings. The highest BCUT2D eigenvalue weighted by Crippen LogP contribution is 2.28. The molecule has 6 heteroatoms. The van der Waals surface area contributed by atoms with E-state index in [-0.39, 0.29) is 17.2 Å². The molecule has 14 heavy (non-hydrogen) atoms. The third kappa shape index (κ3) is 2.07. The first-order valence-electron chi connectivity index (χ1n) is 3.47. The summed E-state index contributed by atoms with van der Waals surface area (Å²) >= 11 is 0.826. The van der Waals surface area contributed by atoms with Gasteiger partial charge < -0.3 is 5.11 Å². The van der Waals surface area contributed by atoms with Crippen molar-refractivity contribution >= 4 is 16.3 Å². The summed E-state index contributed by atoms with van der Waals surface area (Å²) in [5.41, 5.74) is 0.00207. The van der Waals surface area contributed by atoms with E-state index in [1.54, 1.807) is 6.07 Å². The van der Waals surface area contributed by atoms with E-state index in [4.69, 9.17) is 10.4 Å². The van der Waals surface area contributed by atoms with Gasteiger partial charge in [0.2, 0.25) is 0 Å². The fourth-order valence-electron chi connectivity index (χ4n) is 0.785. The van der Waals surface area contributed by atoms with Gasteiger partial charge in [0.15, 0.2) is 0 Å². The van der Waals surface area contributed by atoms with Gasteiger partial charge in [-0.15, -0.1) is 0 Å². The molecule has 0 amide bonds. The van der Waals surface area contributed by atoms with Gasteiger partial charge in [0.05, 0.1) is 9.80 Å². The molecule has 1 aromatic heterocycles. The molecule has 0 bridgehead atoms. The zero-order valence-corrected chi connectivity index (χ0v) is 7.67. The van der Waals surface area contributed by atoms with Crippen LogP contribution in [0.1, 0.15) is 10.4 Å². The van der Waals surface area contributed by atoms with Crippen LogP contribution in [0.4, 0.5) is 5.00 Å². The van der Waals surface area contributed by atoms with Crippen molar-refractivity contribution < 1.29 is 10.0 Å². The van der Waals surface area contributed by atoms with E-state index < -0.39 is 4.92 Å². The van der Waals surface area contributed by atoms with E-state index >= 15 is 0 Å². The lowest BCUT2D eigenvalue weighted by Gasteiger charge is -1.81. The molecule has 1 heterocycles. The average molecular weight is 208 g/mol. The molecule has 1 rings (SSSR count). The maximum atomic E-state index is 10.4. The molecule has 0 aromatic carbocycles. The molecule has 0 aliphatic carbocycles. The van der Waals surface area contributed by atoms with Crippen molar-refractivity contribution in [3.8, 4) is 17.9 Å². The summed E-state index contributed by atoms with van der Waals surface area (Å²) in [6, 6.07) is 3.05. The number of rotatable bonds is 1. The lowest BCUT2D eigenvalue weighted by molar-refractivity contribution is -0.380. The average Bonchev–Trinajstić information content (AvgIpc) is 2.57. The minimum Gasteiger partial charge on any atom is -0.384 e. The predicted molar refractivity (Wildman–Crippen MR) is 49.7 cm³/mol. The fraction of sp³-hybridized carbons (Fsp3) is 0.125. The van der Waals surface area contributed by atoms with Gasteiger partial charge in [0.1, 0.15) is 18.2 Å². The second-order valence-corrected chi connectivity index (χ2v) is 3.19. The van der Waals surface area contributed by atoms with E-state index in [0.29, 0.717) is 4.88 Å². The van der Waals surface area contributed by atoms with Crippen LogP contribution in [0.25, 0.3) is 0 Å². The summed E-state index contributed by atoms with van der Waals surface area (Å²) in [5, 5.41) is 27.2. The van der Waals surface area contributed by atoms with Crippen molar-refractivity contribution in [2.45, 2.75) is 0 Å². The Kier molecular flexibility index (Phi) is 3.19. The predicted octanol–water partition coefficient (Wildman–Crippen LogP) is 0.872. The van der Waals surface area contributed by atoms with Crippen LogP contribution in [-0.4, -0.2) is 16.6 Å². The third-order valence-corrected chi connectivity index (χ3v) is 2.29. The zero-order chi connectivity index (χ0) is 10.6. The fourth-order valence-corrected chi connectivity index (χ4v) is 1.58. The van der Waals surface area contributed by atoms with Gasteiger partial charge >= 0.3 is 5.00 Å². The highest BCUT2D eigenvalue weighted by Gasteiger charge is 2.17. The van der Waals surface area contributed by atoms with Crippen LogP contribution in [0, 0.1) is 33.3 Å². The van der Waals surface area contributed by atoms with Crippen LogP contribution in [-0.2, 0) is 0 Å². The van der Waals surface area contributed by atoms with Crippen molar-refractivity contribution in [1.29, 1.82) is 5.26 Å². The second-order valence-electron chi connectivity index (χ2n) is 2.16. The second kappa shape index (κ2) is 4.38. The molecule has 0 saturated heterocycles. The Hall–Kier alpha value is -1.89. The van der Waals surface area contributed by atoms with Crippen LogP contribution in [0.5, 0.6) is 0 Å². The molecule has 1 N–H and O–H groups in total. The van der Waals surface area contributed by atoms with Crippen LogP contribution in [0.15, 0.2) is 6.07 Å². The Morgan fingerprint density at radius 1 is 1.71 bits per heavy atom. The zero-order valence-electron chi connectivity index (χ0n) is 6.85. The van der Waals surface area contributed by atoms with Crippen molar-refractivity contribution in [3.63, 3.8) is 0 Å². The van der Waals surface area contributed by atoms with Crippen molar-refractivity contribution in [2.75, 3.05) is 6.61 Å². The van der Waals surface area contributed by atoms with Crippen LogP contribution >= 0.6 is 11.3 Å². The SMILES string of the molecule is N#Cc1cc(C#CCO)sc1[N+](=O)[O-]. The van der Waals surface area contributed by atoms with Gasteiger partial charge in [-0.25, -0.2) is 0 Å². The van der Waals surface area contributed by atoms with Crippen molar-refractivity contribution in [1.82, 2.24) is 0 Å². The molecule has 0 spiro atoms. The lowest BCUT2D eigenvalue weighted by atomic mass is 10.3. The maximum absolute atomic E-state index is 10.4. The number of hydrogen-bond acceptors (Lipinski definition) is 5. The number of hydrogen-bond donors (Lipinski definition) is 1. The minimum atomic E-state index is -0.618.